The fraction of sp³-hybridized carbons (Fsp3) is 0.696. The maximum Gasteiger partial charge on any atom is 0.193 e. The normalized spacial score (nSPS) is 22.1. The minimum Gasteiger partial charge on any atom is -0.357 e. The van der Waals surface area contributed by atoms with Gasteiger partial charge in [0.1, 0.15) is 0 Å². The van der Waals surface area contributed by atoms with E-state index >= 15 is 0 Å². The number of hydrogen-bond acceptors (Lipinski definition) is 4. The highest BCUT2D eigenvalue weighted by molar-refractivity contribution is 7.99. The second-order valence-corrected chi connectivity index (χ2v) is 9.41. The van der Waals surface area contributed by atoms with Crippen LogP contribution < -0.4 is 5.32 Å². The van der Waals surface area contributed by atoms with Crippen molar-refractivity contribution in [3.05, 3.63) is 30.3 Å². The smallest absolute Gasteiger partial charge is 0.193 e. The molecule has 0 saturated carbocycles. The van der Waals surface area contributed by atoms with E-state index in [1.165, 1.54) is 56.2 Å². The minimum absolute atomic E-state index is 0.748. The molecule has 0 spiro atoms. The van der Waals surface area contributed by atoms with Crippen molar-refractivity contribution in [2.24, 2.45) is 10.9 Å². The number of likely N-dealkylation sites (N-methyl/N-ethyl adjacent to an activating group) is 1. The molecule has 0 aliphatic carbocycles. The number of guanidine groups is 1. The first-order valence-corrected chi connectivity index (χ1v) is 12.3. The fourth-order valence-electron chi connectivity index (χ4n) is 4.12. The second kappa shape index (κ2) is 12.5. The van der Waals surface area contributed by atoms with E-state index in [1.807, 2.05) is 11.8 Å². The van der Waals surface area contributed by atoms with Crippen molar-refractivity contribution in [2.45, 2.75) is 31.1 Å². The van der Waals surface area contributed by atoms with E-state index < -0.39 is 0 Å². The van der Waals surface area contributed by atoms with Crippen molar-refractivity contribution in [2.75, 3.05) is 71.7 Å². The molecule has 1 atom stereocenters. The monoisotopic (exact) mass is 417 g/mol. The summed E-state index contributed by atoms with van der Waals surface area (Å²) in [5.41, 5.74) is 0. The Morgan fingerprint density at radius 2 is 2.00 bits per heavy atom. The van der Waals surface area contributed by atoms with Crippen LogP contribution in [0.3, 0.4) is 0 Å². The SMILES string of the molecule is CCNC(=NCCCN1CCCN(C)CC1)N1CCC(CSc2ccccc2)C1. The molecule has 0 amide bonds. The number of rotatable bonds is 8. The second-order valence-electron chi connectivity index (χ2n) is 8.31. The summed E-state index contributed by atoms with van der Waals surface area (Å²) in [6.07, 6.45) is 3.71. The Hall–Kier alpha value is -1.24. The molecule has 0 bridgehead atoms. The summed E-state index contributed by atoms with van der Waals surface area (Å²) in [5, 5.41) is 3.52. The van der Waals surface area contributed by atoms with Gasteiger partial charge in [-0.2, -0.15) is 0 Å². The van der Waals surface area contributed by atoms with Gasteiger partial charge in [-0.25, -0.2) is 0 Å². The molecule has 1 aromatic carbocycles. The van der Waals surface area contributed by atoms with Gasteiger partial charge >= 0.3 is 0 Å². The molecule has 29 heavy (non-hydrogen) atoms. The summed E-state index contributed by atoms with van der Waals surface area (Å²) in [4.78, 5) is 13.9. The van der Waals surface area contributed by atoms with Crippen molar-refractivity contribution in [3.8, 4) is 0 Å². The van der Waals surface area contributed by atoms with Gasteiger partial charge in [-0.3, -0.25) is 4.99 Å². The molecule has 2 saturated heterocycles. The third-order valence-electron chi connectivity index (χ3n) is 5.86. The van der Waals surface area contributed by atoms with Crippen molar-refractivity contribution in [3.63, 3.8) is 0 Å². The molecule has 0 radical (unpaired) electrons. The molecule has 2 aliphatic rings. The molecule has 162 valence electrons. The molecule has 2 heterocycles. The number of thioether (sulfide) groups is 1. The average molecular weight is 418 g/mol. The first-order valence-electron chi connectivity index (χ1n) is 11.4. The van der Waals surface area contributed by atoms with Gasteiger partial charge < -0.3 is 20.0 Å². The Kier molecular flexibility index (Phi) is 9.64. The van der Waals surface area contributed by atoms with Crippen LogP contribution >= 0.6 is 11.8 Å². The van der Waals surface area contributed by atoms with E-state index in [1.54, 1.807) is 0 Å². The summed E-state index contributed by atoms with van der Waals surface area (Å²) < 4.78 is 0. The van der Waals surface area contributed by atoms with Crippen LogP contribution in [0.25, 0.3) is 0 Å². The molecular weight excluding hydrogens is 378 g/mol. The average Bonchev–Trinajstić information content (AvgIpc) is 3.12. The third kappa shape index (κ3) is 7.83. The van der Waals surface area contributed by atoms with Crippen molar-refractivity contribution >= 4 is 17.7 Å². The van der Waals surface area contributed by atoms with E-state index in [4.69, 9.17) is 4.99 Å². The quantitative estimate of drug-likeness (QED) is 0.304. The van der Waals surface area contributed by atoms with Crippen LogP contribution in [0.2, 0.25) is 0 Å². The lowest BCUT2D eigenvalue weighted by Crippen LogP contribution is -2.40. The van der Waals surface area contributed by atoms with E-state index in [0.717, 1.165) is 44.5 Å². The van der Waals surface area contributed by atoms with Gasteiger partial charge in [-0.1, -0.05) is 18.2 Å². The summed E-state index contributed by atoms with van der Waals surface area (Å²) in [6, 6.07) is 10.8. The van der Waals surface area contributed by atoms with Gasteiger partial charge in [0.2, 0.25) is 0 Å². The lowest BCUT2D eigenvalue weighted by molar-refractivity contribution is 0.275. The van der Waals surface area contributed by atoms with Crippen LogP contribution in [0.5, 0.6) is 0 Å². The van der Waals surface area contributed by atoms with Crippen LogP contribution in [-0.2, 0) is 0 Å². The number of hydrogen-bond donors (Lipinski definition) is 1. The highest BCUT2D eigenvalue weighted by Gasteiger charge is 2.24. The Morgan fingerprint density at radius 3 is 2.83 bits per heavy atom. The maximum atomic E-state index is 4.96. The van der Waals surface area contributed by atoms with Crippen molar-refractivity contribution in [1.82, 2.24) is 20.0 Å². The Morgan fingerprint density at radius 1 is 1.14 bits per heavy atom. The topological polar surface area (TPSA) is 34.1 Å². The van der Waals surface area contributed by atoms with Gasteiger partial charge in [-0.05, 0) is 70.9 Å². The fourth-order valence-corrected chi connectivity index (χ4v) is 5.17. The highest BCUT2D eigenvalue weighted by atomic mass is 32.2. The largest absolute Gasteiger partial charge is 0.357 e. The first-order chi connectivity index (χ1) is 14.2. The van der Waals surface area contributed by atoms with Gasteiger partial charge in [0.25, 0.3) is 0 Å². The minimum atomic E-state index is 0.748. The molecule has 1 unspecified atom stereocenters. The third-order valence-corrected chi connectivity index (χ3v) is 7.10. The first kappa shape index (κ1) is 22.4. The van der Waals surface area contributed by atoms with Crippen LogP contribution in [0.15, 0.2) is 40.2 Å². The number of likely N-dealkylation sites (tertiary alicyclic amines) is 1. The van der Waals surface area contributed by atoms with Gasteiger partial charge in [-0.15, -0.1) is 11.8 Å². The molecule has 2 aliphatic heterocycles. The molecule has 1 aromatic rings. The van der Waals surface area contributed by atoms with Crippen molar-refractivity contribution < 1.29 is 0 Å². The molecule has 3 rings (SSSR count). The lowest BCUT2D eigenvalue weighted by atomic mass is 10.2. The number of benzene rings is 1. The Bertz CT molecular complexity index is 609. The maximum absolute atomic E-state index is 4.96. The van der Waals surface area contributed by atoms with Crippen LogP contribution in [-0.4, -0.2) is 92.4 Å². The van der Waals surface area contributed by atoms with E-state index in [9.17, 15) is 0 Å². The van der Waals surface area contributed by atoms with E-state index in [-0.39, 0.29) is 0 Å². The summed E-state index contributed by atoms with van der Waals surface area (Å²) >= 11 is 1.99. The molecule has 1 N–H and O–H groups in total. The standard InChI is InChI=1S/C23H39N5S/c1-3-24-23(25-12-7-14-27-15-8-13-26(2)17-18-27)28-16-11-21(19-28)20-29-22-9-5-4-6-10-22/h4-6,9-10,21H,3,7-8,11-20H2,1-2H3,(H,24,25). The Labute approximate surface area is 181 Å². The number of aliphatic imine (C=N–C) groups is 1. The Balaban J connectivity index is 1.40. The van der Waals surface area contributed by atoms with Gasteiger partial charge in [0, 0.05) is 49.9 Å². The van der Waals surface area contributed by atoms with Crippen LogP contribution in [0.1, 0.15) is 26.2 Å². The number of nitrogens with zero attached hydrogens (tertiary/aromatic N) is 4. The predicted molar refractivity (Wildman–Crippen MR) is 126 cm³/mol. The van der Waals surface area contributed by atoms with Gasteiger partial charge in [0.15, 0.2) is 5.96 Å². The molecular formula is C23H39N5S. The van der Waals surface area contributed by atoms with Crippen LogP contribution in [0.4, 0.5) is 0 Å². The van der Waals surface area contributed by atoms with Crippen LogP contribution in [0, 0.1) is 5.92 Å². The molecule has 6 heteroatoms. The predicted octanol–water partition coefficient (Wildman–Crippen LogP) is 3.09. The molecule has 5 nitrogen and oxygen atoms in total. The molecule has 0 aromatic heterocycles. The summed E-state index contributed by atoms with van der Waals surface area (Å²) in [7, 11) is 2.23. The zero-order valence-corrected chi connectivity index (χ0v) is 19.2. The summed E-state index contributed by atoms with van der Waals surface area (Å²) in [6.45, 7) is 12.3. The van der Waals surface area contributed by atoms with E-state index in [0.29, 0.717) is 0 Å². The van der Waals surface area contributed by atoms with Crippen molar-refractivity contribution in [1.29, 1.82) is 0 Å². The molecule has 2 fully saturated rings. The lowest BCUT2D eigenvalue weighted by Gasteiger charge is -2.22. The summed E-state index contributed by atoms with van der Waals surface area (Å²) in [5.74, 6) is 3.07. The van der Waals surface area contributed by atoms with E-state index in [2.05, 4.69) is 64.3 Å². The zero-order valence-electron chi connectivity index (χ0n) is 18.4. The van der Waals surface area contributed by atoms with Gasteiger partial charge in [0.05, 0.1) is 0 Å². The highest BCUT2D eigenvalue weighted by Crippen LogP contribution is 2.25. The zero-order chi connectivity index (χ0) is 20.3. The number of nitrogens with one attached hydrogen (secondary N) is 1.